The molecule has 0 spiro atoms. The van der Waals surface area contributed by atoms with E-state index in [1.54, 1.807) is 17.5 Å². The third-order valence-electron chi connectivity index (χ3n) is 3.46. The molecule has 21 heavy (non-hydrogen) atoms. The van der Waals surface area contributed by atoms with E-state index in [-0.39, 0.29) is 12.6 Å². The predicted molar refractivity (Wildman–Crippen MR) is 87.4 cm³/mol. The van der Waals surface area contributed by atoms with Gasteiger partial charge in [0.05, 0.1) is 5.69 Å². The zero-order valence-electron chi connectivity index (χ0n) is 12.8. The van der Waals surface area contributed by atoms with Crippen LogP contribution in [0.5, 0.6) is 0 Å². The van der Waals surface area contributed by atoms with Gasteiger partial charge in [-0.2, -0.15) is 0 Å². The summed E-state index contributed by atoms with van der Waals surface area (Å²) < 4.78 is 0. The fraction of sp³-hybridized carbons (Fsp3) is 0.500. The minimum Gasteiger partial charge on any atom is -0.396 e. The Kier molecular flexibility index (Phi) is 5.85. The zero-order valence-corrected chi connectivity index (χ0v) is 13.7. The molecule has 4 nitrogen and oxygen atoms in total. The molecule has 0 aromatic carbocycles. The Labute approximate surface area is 130 Å². The normalized spacial score (nSPS) is 14.1. The summed E-state index contributed by atoms with van der Waals surface area (Å²) in [5.41, 5.74) is 2.14. The summed E-state index contributed by atoms with van der Waals surface area (Å²) in [6.45, 7) is 6.64. The molecule has 0 amide bonds. The van der Waals surface area contributed by atoms with Crippen molar-refractivity contribution in [2.45, 2.75) is 45.7 Å². The summed E-state index contributed by atoms with van der Waals surface area (Å²) in [5.74, 6) is 0. The molecule has 2 rings (SSSR count). The molecule has 0 saturated carbocycles. The molecular weight excluding hydrogens is 282 g/mol. The molecule has 0 saturated heterocycles. The Morgan fingerprint density at radius 3 is 2.86 bits per heavy atom. The van der Waals surface area contributed by atoms with Crippen LogP contribution in [0.2, 0.25) is 0 Å². The molecule has 5 heteroatoms. The highest BCUT2D eigenvalue weighted by Gasteiger charge is 2.16. The molecule has 2 heterocycles. The van der Waals surface area contributed by atoms with Crippen molar-refractivity contribution in [2.24, 2.45) is 0 Å². The summed E-state index contributed by atoms with van der Waals surface area (Å²) in [6, 6.07) is 4.62. The van der Waals surface area contributed by atoms with Crippen molar-refractivity contribution < 1.29 is 5.11 Å². The number of nitrogens with zero attached hydrogens (tertiary/aromatic N) is 2. The molecule has 0 bridgehead atoms. The first-order chi connectivity index (χ1) is 10.1. The topological polar surface area (TPSA) is 58.0 Å². The van der Waals surface area contributed by atoms with Crippen LogP contribution >= 0.6 is 11.3 Å². The number of pyridine rings is 1. The van der Waals surface area contributed by atoms with Crippen LogP contribution in [0, 0.1) is 6.92 Å². The first-order valence-electron chi connectivity index (χ1n) is 7.36. The molecule has 114 valence electrons. The Bertz CT molecular complexity index is 556. The van der Waals surface area contributed by atoms with Gasteiger partial charge in [-0.15, -0.1) is 11.3 Å². The fourth-order valence-corrected chi connectivity index (χ4v) is 3.47. The minimum absolute atomic E-state index is 0.255. The van der Waals surface area contributed by atoms with Crippen LogP contribution in [0.15, 0.2) is 24.5 Å². The number of thiazole rings is 1. The second-order valence-corrected chi connectivity index (χ2v) is 6.40. The fourth-order valence-electron chi connectivity index (χ4n) is 2.41. The van der Waals surface area contributed by atoms with Crippen LogP contribution in [0.25, 0.3) is 10.6 Å². The predicted octanol–water partition coefficient (Wildman–Crippen LogP) is 3.33. The van der Waals surface area contributed by atoms with Crippen LogP contribution in [-0.2, 0) is 0 Å². The molecule has 0 fully saturated rings. The smallest absolute Gasteiger partial charge is 0.125 e. The van der Waals surface area contributed by atoms with Gasteiger partial charge >= 0.3 is 0 Å². The van der Waals surface area contributed by atoms with Gasteiger partial charge in [-0.3, -0.25) is 4.98 Å². The summed E-state index contributed by atoms with van der Waals surface area (Å²) in [7, 11) is 0. The van der Waals surface area contributed by atoms with Gasteiger partial charge in [-0.1, -0.05) is 0 Å². The van der Waals surface area contributed by atoms with Crippen molar-refractivity contribution in [3.05, 3.63) is 35.1 Å². The van der Waals surface area contributed by atoms with Crippen molar-refractivity contribution in [1.29, 1.82) is 0 Å². The van der Waals surface area contributed by atoms with Crippen LogP contribution in [-0.4, -0.2) is 27.7 Å². The lowest BCUT2D eigenvalue weighted by Gasteiger charge is -2.19. The number of rotatable bonds is 7. The maximum Gasteiger partial charge on any atom is 0.125 e. The van der Waals surface area contributed by atoms with Crippen molar-refractivity contribution in [1.82, 2.24) is 15.3 Å². The van der Waals surface area contributed by atoms with E-state index >= 15 is 0 Å². The highest BCUT2D eigenvalue weighted by molar-refractivity contribution is 7.15. The van der Waals surface area contributed by atoms with E-state index in [4.69, 9.17) is 5.11 Å². The number of aliphatic hydroxyl groups is 1. The third kappa shape index (κ3) is 4.33. The highest BCUT2D eigenvalue weighted by atomic mass is 32.1. The van der Waals surface area contributed by atoms with Crippen LogP contribution in [0.1, 0.15) is 43.3 Å². The first kappa shape index (κ1) is 16.1. The van der Waals surface area contributed by atoms with Gasteiger partial charge in [0.2, 0.25) is 0 Å². The summed E-state index contributed by atoms with van der Waals surface area (Å²) in [5, 5.41) is 13.5. The SMILES string of the molecule is Cc1nc(-c2cccnc2)sc1C(C)NC(C)CCCO. The van der Waals surface area contributed by atoms with Crippen molar-refractivity contribution in [3.63, 3.8) is 0 Å². The van der Waals surface area contributed by atoms with E-state index < -0.39 is 0 Å². The van der Waals surface area contributed by atoms with E-state index in [0.29, 0.717) is 6.04 Å². The number of aryl methyl sites for hydroxylation is 1. The summed E-state index contributed by atoms with van der Waals surface area (Å²) in [6.07, 6.45) is 5.44. The Morgan fingerprint density at radius 1 is 1.38 bits per heavy atom. The summed E-state index contributed by atoms with van der Waals surface area (Å²) >= 11 is 1.72. The third-order valence-corrected chi connectivity index (χ3v) is 4.85. The standard InChI is InChI=1S/C16H23N3OS/c1-11(6-5-9-20)18-12(2)15-13(3)19-16(21-15)14-7-4-8-17-10-14/h4,7-8,10-12,18,20H,5-6,9H2,1-3H3. The van der Waals surface area contributed by atoms with E-state index in [2.05, 4.69) is 36.1 Å². The minimum atomic E-state index is 0.255. The molecular formula is C16H23N3OS. The highest BCUT2D eigenvalue weighted by Crippen LogP contribution is 2.31. The molecule has 0 aliphatic carbocycles. The Morgan fingerprint density at radius 2 is 2.19 bits per heavy atom. The first-order valence-corrected chi connectivity index (χ1v) is 8.18. The van der Waals surface area contributed by atoms with Gasteiger partial charge in [0.1, 0.15) is 5.01 Å². The number of nitrogens with one attached hydrogen (secondary N) is 1. The van der Waals surface area contributed by atoms with E-state index in [1.165, 1.54) is 4.88 Å². The molecule has 2 atom stereocenters. The van der Waals surface area contributed by atoms with Gasteiger partial charge in [0.25, 0.3) is 0 Å². The second-order valence-electron chi connectivity index (χ2n) is 5.37. The van der Waals surface area contributed by atoms with Crippen LogP contribution < -0.4 is 5.32 Å². The zero-order chi connectivity index (χ0) is 15.2. The van der Waals surface area contributed by atoms with E-state index in [1.807, 2.05) is 18.3 Å². The Hall–Kier alpha value is -1.30. The van der Waals surface area contributed by atoms with Crippen LogP contribution in [0.4, 0.5) is 0 Å². The molecule has 0 radical (unpaired) electrons. The van der Waals surface area contributed by atoms with Gasteiger partial charge in [0.15, 0.2) is 0 Å². The number of aromatic nitrogens is 2. The Balaban J connectivity index is 2.08. The van der Waals surface area contributed by atoms with Crippen molar-refractivity contribution in [3.8, 4) is 10.6 Å². The summed E-state index contributed by atoms with van der Waals surface area (Å²) in [4.78, 5) is 10.1. The van der Waals surface area contributed by atoms with Crippen LogP contribution in [0.3, 0.4) is 0 Å². The van der Waals surface area contributed by atoms with Gasteiger partial charge in [0, 0.05) is 41.5 Å². The average molecular weight is 305 g/mol. The number of hydrogen-bond acceptors (Lipinski definition) is 5. The molecule has 0 aliphatic heterocycles. The van der Waals surface area contributed by atoms with Crippen molar-refractivity contribution in [2.75, 3.05) is 6.61 Å². The lowest BCUT2D eigenvalue weighted by Crippen LogP contribution is -2.29. The number of hydrogen-bond donors (Lipinski definition) is 2. The lowest BCUT2D eigenvalue weighted by molar-refractivity contribution is 0.274. The maximum atomic E-state index is 8.90. The van der Waals surface area contributed by atoms with Gasteiger partial charge in [-0.05, 0) is 45.7 Å². The molecule has 2 aromatic heterocycles. The van der Waals surface area contributed by atoms with Gasteiger partial charge < -0.3 is 10.4 Å². The van der Waals surface area contributed by atoms with Gasteiger partial charge in [-0.25, -0.2) is 4.98 Å². The quantitative estimate of drug-likeness (QED) is 0.824. The molecule has 2 aromatic rings. The average Bonchev–Trinajstić information content (AvgIpc) is 2.88. The largest absolute Gasteiger partial charge is 0.396 e. The lowest BCUT2D eigenvalue weighted by atomic mass is 10.1. The number of aliphatic hydroxyl groups excluding tert-OH is 1. The van der Waals surface area contributed by atoms with Crippen molar-refractivity contribution >= 4 is 11.3 Å². The maximum absolute atomic E-state index is 8.90. The monoisotopic (exact) mass is 305 g/mol. The van der Waals surface area contributed by atoms with E-state index in [0.717, 1.165) is 29.1 Å². The second kappa shape index (κ2) is 7.64. The molecule has 2 N–H and O–H groups in total. The van der Waals surface area contributed by atoms with E-state index in [9.17, 15) is 0 Å². The molecule has 0 aliphatic rings. The molecule has 2 unspecified atom stereocenters.